The standard InChI is InChI=1S/C10H19N5O/c1-8(4-10(11)13-16)14(2)6-9-5-12-15(3)7-9/h5,7-8,16H,4,6H2,1-3H3,(H2,11,13). The summed E-state index contributed by atoms with van der Waals surface area (Å²) in [6.45, 7) is 2.84. The van der Waals surface area contributed by atoms with Gasteiger partial charge in [0.25, 0.3) is 0 Å². The Morgan fingerprint density at radius 3 is 2.94 bits per heavy atom. The Labute approximate surface area is 95.3 Å². The average molecular weight is 225 g/mol. The fourth-order valence-corrected chi connectivity index (χ4v) is 1.50. The molecule has 1 heterocycles. The first-order chi connectivity index (χ1) is 7.52. The molecule has 0 saturated heterocycles. The van der Waals surface area contributed by atoms with Crippen LogP contribution < -0.4 is 5.73 Å². The van der Waals surface area contributed by atoms with Gasteiger partial charge in [-0.05, 0) is 14.0 Å². The monoisotopic (exact) mass is 225 g/mol. The number of hydrogen-bond donors (Lipinski definition) is 2. The minimum Gasteiger partial charge on any atom is -0.409 e. The van der Waals surface area contributed by atoms with Gasteiger partial charge in [-0.2, -0.15) is 5.10 Å². The van der Waals surface area contributed by atoms with Gasteiger partial charge in [0.05, 0.1) is 6.20 Å². The highest BCUT2D eigenvalue weighted by molar-refractivity contribution is 5.80. The maximum absolute atomic E-state index is 8.49. The van der Waals surface area contributed by atoms with Crippen LogP contribution in [0.2, 0.25) is 0 Å². The highest BCUT2D eigenvalue weighted by atomic mass is 16.4. The van der Waals surface area contributed by atoms with Crippen LogP contribution in [0.5, 0.6) is 0 Å². The molecule has 1 unspecified atom stereocenters. The van der Waals surface area contributed by atoms with Crippen molar-refractivity contribution >= 4 is 5.84 Å². The number of amidine groups is 1. The molecule has 6 heteroatoms. The quantitative estimate of drug-likeness (QED) is 0.328. The largest absolute Gasteiger partial charge is 0.409 e. The van der Waals surface area contributed by atoms with Crippen LogP contribution in [0.1, 0.15) is 18.9 Å². The normalized spacial score (nSPS) is 14.4. The summed E-state index contributed by atoms with van der Waals surface area (Å²) in [5.74, 6) is 0.255. The van der Waals surface area contributed by atoms with Crippen LogP contribution in [0.4, 0.5) is 0 Å². The fraction of sp³-hybridized carbons (Fsp3) is 0.600. The summed E-state index contributed by atoms with van der Waals surface area (Å²) in [5, 5.41) is 15.6. The first-order valence-electron chi connectivity index (χ1n) is 5.17. The van der Waals surface area contributed by atoms with Crippen LogP contribution in [0.15, 0.2) is 17.5 Å². The lowest BCUT2D eigenvalue weighted by atomic mass is 10.2. The summed E-state index contributed by atoms with van der Waals surface area (Å²) in [7, 11) is 3.89. The molecule has 0 saturated carbocycles. The molecule has 16 heavy (non-hydrogen) atoms. The highest BCUT2D eigenvalue weighted by Gasteiger charge is 2.12. The number of hydrogen-bond acceptors (Lipinski definition) is 4. The van der Waals surface area contributed by atoms with Gasteiger partial charge < -0.3 is 10.9 Å². The fourth-order valence-electron chi connectivity index (χ4n) is 1.50. The van der Waals surface area contributed by atoms with Crippen molar-refractivity contribution in [2.75, 3.05) is 7.05 Å². The van der Waals surface area contributed by atoms with Crippen molar-refractivity contribution in [1.82, 2.24) is 14.7 Å². The molecule has 1 aromatic rings. The topological polar surface area (TPSA) is 79.7 Å². The van der Waals surface area contributed by atoms with Crippen molar-refractivity contribution in [1.29, 1.82) is 0 Å². The molecule has 0 bridgehead atoms. The number of aromatic nitrogens is 2. The van der Waals surface area contributed by atoms with E-state index in [2.05, 4.69) is 15.2 Å². The number of rotatable bonds is 5. The van der Waals surface area contributed by atoms with Crippen molar-refractivity contribution in [2.24, 2.45) is 17.9 Å². The predicted molar refractivity (Wildman–Crippen MR) is 62.2 cm³/mol. The Morgan fingerprint density at radius 1 is 1.75 bits per heavy atom. The Morgan fingerprint density at radius 2 is 2.44 bits per heavy atom. The first-order valence-corrected chi connectivity index (χ1v) is 5.17. The van der Waals surface area contributed by atoms with E-state index in [4.69, 9.17) is 10.9 Å². The average Bonchev–Trinajstić information content (AvgIpc) is 2.63. The van der Waals surface area contributed by atoms with E-state index < -0.39 is 0 Å². The number of aryl methyl sites for hydroxylation is 1. The molecule has 1 atom stereocenters. The minimum atomic E-state index is 0.219. The predicted octanol–water partition coefficient (Wildman–Crippen LogP) is 0.377. The number of oxime groups is 1. The van der Waals surface area contributed by atoms with Gasteiger partial charge in [0.1, 0.15) is 5.84 Å². The van der Waals surface area contributed by atoms with Crippen molar-refractivity contribution in [3.8, 4) is 0 Å². The van der Waals surface area contributed by atoms with Crippen LogP contribution in [0.25, 0.3) is 0 Å². The van der Waals surface area contributed by atoms with Crippen molar-refractivity contribution in [3.63, 3.8) is 0 Å². The lowest BCUT2D eigenvalue weighted by molar-refractivity contribution is 0.251. The molecule has 0 amide bonds. The van der Waals surface area contributed by atoms with Gasteiger partial charge in [0.2, 0.25) is 0 Å². The van der Waals surface area contributed by atoms with Gasteiger partial charge in [-0.1, -0.05) is 5.16 Å². The molecular formula is C10H19N5O. The van der Waals surface area contributed by atoms with E-state index in [0.29, 0.717) is 6.42 Å². The van der Waals surface area contributed by atoms with E-state index in [-0.39, 0.29) is 11.9 Å². The Kier molecular flexibility index (Phi) is 4.30. The second-order valence-corrected chi connectivity index (χ2v) is 4.08. The van der Waals surface area contributed by atoms with Gasteiger partial charge in [0, 0.05) is 37.8 Å². The van der Waals surface area contributed by atoms with Gasteiger partial charge >= 0.3 is 0 Å². The van der Waals surface area contributed by atoms with Crippen LogP contribution in [0.3, 0.4) is 0 Å². The van der Waals surface area contributed by atoms with Crippen LogP contribution >= 0.6 is 0 Å². The number of nitrogens with two attached hydrogens (primary N) is 1. The molecule has 1 rings (SSSR count). The number of nitrogens with zero attached hydrogens (tertiary/aromatic N) is 4. The summed E-state index contributed by atoms with van der Waals surface area (Å²) in [6, 6.07) is 0.219. The Bertz CT molecular complexity index is 360. The highest BCUT2D eigenvalue weighted by Crippen LogP contribution is 2.07. The van der Waals surface area contributed by atoms with Gasteiger partial charge in [0.15, 0.2) is 0 Å². The summed E-state index contributed by atoms with van der Waals surface area (Å²) in [4.78, 5) is 2.13. The second kappa shape index (κ2) is 5.50. The van der Waals surface area contributed by atoms with E-state index in [0.717, 1.165) is 12.1 Å². The molecule has 0 aliphatic heterocycles. The molecule has 6 nitrogen and oxygen atoms in total. The van der Waals surface area contributed by atoms with E-state index in [1.165, 1.54) is 0 Å². The summed E-state index contributed by atoms with van der Waals surface area (Å²) < 4.78 is 1.78. The Hall–Kier alpha value is -1.56. The van der Waals surface area contributed by atoms with Gasteiger partial charge in [-0.3, -0.25) is 9.58 Å². The molecule has 0 radical (unpaired) electrons. The Balaban J connectivity index is 2.48. The van der Waals surface area contributed by atoms with Gasteiger partial charge in [-0.25, -0.2) is 0 Å². The second-order valence-electron chi connectivity index (χ2n) is 4.08. The molecular weight excluding hydrogens is 206 g/mol. The molecule has 0 aliphatic rings. The van der Waals surface area contributed by atoms with E-state index >= 15 is 0 Å². The zero-order valence-electron chi connectivity index (χ0n) is 9.96. The minimum absolute atomic E-state index is 0.219. The third-order valence-electron chi connectivity index (χ3n) is 2.58. The van der Waals surface area contributed by atoms with Crippen molar-refractivity contribution in [2.45, 2.75) is 25.9 Å². The SMILES string of the molecule is CC(CC(N)=NO)N(C)Cc1cnn(C)c1. The van der Waals surface area contributed by atoms with E-state index in [1.54, 1.807) is 4.68 Å². The van der Waals surface area contributed by atoms with Crippen molar-refractivity contribution < 1.29 is 5.21 Å². The molecule has 0 spiro atoms. The van der Waals surface area contributed by atoms with E-state index in [9.17, 15) is 0 Å². The maximum Gasteiger partial charge on any atom is 0.140 e. The third kappa shape index (κ3) is 3.54. The summed E-state index contributed by atoms with van der Waals surface area (Å²) in [6.07, 6.45) is 4.37. The van der Waals surface area contributed by atoms with Crippen LogP contribution in [-0.2, 0) is 13.6 Å². The third-order valence-corrected chi connectivity index (χ3v) is 2.58. The molecule has 0 fully saturated rings. The zero-order valence-corrected chi connectivity index (χ0v) is 9.96. The first kappa shape index (κ1) is 12.5. The zero-order chi connectivity index (χ0) is 12.1. The van der Waals surface area contributed by atoms with E-state index in [1.807, 2.05) is 33.4 Å². The van der Waals surface area contributed by atoms with Crippen LogP contribution in [-0.4, -0.2) is 38.8 Å². The molecule has 0 aliphatic carbocycles. The lowest BCUT2D eigenvalue weighted by Crippen LogP contribution is -2.32. The van der Waals surface area contributed by atoms with Crippen LogP contribution in [0, 0.1) is 0 Å². The summed E-state index contributed by atoms with van der Waals surface area (Å²) >= 11 is 0. The molecule has 90 valence electrons. The molecule has 3 N–H and O–H groups in total. The van der Waals surface area contributed by atoms with Crippen molar-refractivity contribution in [3.05, 3.63) is 18.0 Å². The molecule has 1 aromatic heterocycles. The maximum atomic E-state index is 8.49. The lowest BCUT2D eigenvalue weighted by Gasteiger charge is -2.23. The summed E-state index contributed by atoms with van der Waals surface area (Å²) in [5.41, 5.74) is 6.62. The van der Waals surface area contributed by atoms with Gasteiger partial charge in [-0.15, -0.1) is 0 Å². The molecule has 0 aromatic carbocycles. The smallest absolute Gasteiger partial charge is 0.140 e.